The summed E-state index contributed by atoms with van der Waals surface area (Å²) in [5.74, 6) is 1.35. The number of hydrogen-bond acceptors (Lipinski definition) is 6. The summed E-state index contributed by atoms with van der Waals surface area (Å²) in [6.45, 7) is 10.2. The highest BCUT2D eigenvalue weighted by molar-refractivity contribution is 5.40. The number of nitrogens with one attached hydrogen (secondary N) is 1. The van der Waals surface area contributed by atoms with Gasteiger partial charge < -0.3 is 15.0 Å². The maximum Gasteiger partial charge on any atom is 0.323 e. The first-order chi connectivity index (χ1) is 10.1. The van der Waals surface area contributed by atoms with Gasteiger partial charge in [-0.05, 0) is 39.5 Å². The molecule has 0 amide bonds. The summed E-state index contributed by atoms with van der Waals surface area (Å²) >= 11 is 0. The maximum absolute atomic E-state index is 5.68. The Bertz CT molecular complexity index is 452. The highest BCUT2D eigenvalue weighted by atomic mass is 16.5. The zero-order valence-corrected chi connectivity index (χ0v) is 13.6. The fourth-order valence-electron chi connectivity index (χ4n) is 2.58. The third kappa shape index (κ3) is 4.19. The first-order valence-electron chi connectivity index (χ1n) is 8.07. The Labute approximate surface area is 127 Å². The zero-order chi connectivity index (χ0) is 15.2. The molecule has 118 valence electrons. The van der Waals surface area contributed by atoms with Crippen LogP contribution in [0.5, 0.6) is 6.01 Å². The highest BCUT2D eigenvalue weighted by Gasteiger charge is 2.26. The molecule has 0 bridgehead atoms. The fraction of sp³-hybridized carbons (Fsp3) is 0.800. The number of ether oxygens (including phenoxy) is 1. The van der Waals surface area contributed by atoms with Crippen molar-refractivity contribution < 1.29 is 4.74 Å². The Morgan fingerprint density at radius 2 is 2.10 bits per heavy atom. The number of hydrogen-bond donors (Lipinski definition) is 1. The molecule has 1 fully saturated rings. The Morgan fingerprint density at radius 3 is 2.76 bits per heavy atom. The van der Waals surface area contributed by atoms with Crippen molar-refractivity contribution in [3.63, 3.8) is 0 Å². The standard InChI is InChI=1S/C15H27N5O/c1-5-9-16-13-17-14(19-15(18-13)21-11(3)4)20-10-7-8-12(20)6-2/h11-12H,5-10H2,1-4H3,(H,16,17,18,19). The molecule has 1 unspecified atom stereocenters. The van der Waals surface area contributed by atoms with Gasteiger partial charge in [0.1, 0.15) is 0 Å². The second-order valence-electron chi connectivity index (χ2n) is 5.73. The minimum atomic E-state index is 0.0554. The lowest BCUT2D eigenvalue weighted by Gasteiger charge is -2.24. The summed E-state index contributed by atoms with van der Waals surface area (Å²) < 4.78 is 5.68. The molecule has 1 aliphatic rings. The van der Waals surface area contributed by atoms with Gasteiger partial charge in [0, 0.05) is 19.1 Å². The summed E-state index contributed by atoms with van der Waals surface area (Å²) in [7, 11) is 0. The van der Waals surface area contributed by atoms with Crippen molar-refractivity contribution in [3.8, 4) is 6.01 Å². The Kier molecular flexibility index (Phi) is 5.59. The Morgan fingerprint density at radius 1 is 1.29 bits per heavy atom. The van der Waals surface area contributed by atoms with Gasteiger partial charge in [0.05, 0.1) is 6.10 Å². The molecule has 21 heavy (non-hydrogen) atoms. The Hall–Kier alpha value is -1.59. The molecule has 1 N–H and O–H groups in total. The van der Waals surface area contributed by atoms with Gasteiger partial charge in [-0.2, -0.15) is 15.0 Å². The summed E-state index contributed by atoms with van der Waals surface area (Å²) in [5, 5.41) is 3.24. The molecule has 6 heteroatoms. The van der Waals surface area contributed by atoms with Crippen LogP contribution in [0, 0.1) is 0 Å². The summed E-state index contributed by atoms with van der Waals surface area (Å²) in [4.78, 5) is 15.7. The molecule has 1 aromatic heterocycles. The van der Waals surface area contributed by atoms with E-state index >= 15 is 0 Å². The van der Waals surface area contributed by atoms with Crippen LogP contribution in [0.2, 0.25) is 0 Å². The molecule has 2 heterocycles. The molecule has 0 spiro atoms. The summed E-state index contributed by atoms with van der Waals surface area (Å²) in [5.41, 5.74) is 0. The second kappa shape index (κ2) is 7.43. The smallest absolute Gasteiger partial charge is 0.323 e. The molecule has 1 saturated heterocycles. The van der Waals surface area contributed by atoms with Gasteiger partial charge >= 0.3 is 6.01 Å². The molecule has 0 aliphatic carbocycles. The highest BCUT2D eigenvalue weighted by Crippen LogP contribution is 2.26. The number of rotatable bonds is 7. The largest absolute Gasteiger partial charge is 0.461 e. The number of anilines is 2. The molecule has 1 atom stereocenters. The van der Waals surface area contributed by atoms with Crippen molar-refractivity contribution in [1.29, 1.82) is 0 Å². The molecular weight excluding hydrogens is 266 g/mol. The molecule has 1 aliphatic heterocycles. The first kappa shape index (κ1) is 15.8. The lowest BCUT2D eigenvalue weighted by atomic mass is 10.2. The maximum atomic E-state index is 5.68. The van der Waals surface area contributed by atoms with E-state index in [9.17, 15) is 0 Å². The van der Waals surface area contributed by atoms with E-state index in [1.807, 2.05) is 13.8 Å². The summed E-state index contributed by atoms with van der Waals surface area (Å²) in [6, 6.07) is 0.939. The predicted octanol–water partition coefficient (Wildman–Crippen LogP) is 2.86. The van der Waals surface area contributed by atoms with Crippen molar-refractivity contribution >= 4 is 11.9 Å². The predicted molar refractivity (Wildman–Crippen MR) is 85.0 cm³/mol. The first-order valence-corrected chi connectivity index (χ1v) is 8.07. The van der Waals surface area contributed by atoms with Crippen LogP contribution >= 0.6 is 0 Å². The van der Waals surface area contributed by atoms with E-state index in [2.05, 4.69) is 39.0 Å². The third-order valence-electron chi connectivity index (χ3n) is 3.58. The van der Waals surface area contributed by atoms with Crippen LogP contribution in [0.25, 0.3) is 0 Å². The molecule has 6 nitrogen and oxygen atoms in total. The van der Waals surface area contributed by atoms with Gasteiger partial charge in [0.15, 0.2) is 0 Å². The van der Waals surface area contributed by atoms with Gasteiger partial charge in [-0.1, -0.05) is 13.8 Å². The van der Waals surface area contributed by atoms with Crippen molar-refractivity contribution in [1.82, 2.24) is 15.0 Å². The van der Waals surface area contributed by atoms with E-state index in [1.165, 1.54) is 12.8 Å². The number of nitrogens with zero attached hydrogens (tertiary/aromatic N) is 4. The van der Waals surface area contributed by atoms with Crippen LogP contribution in [0.3, 0.4) is 0 Å². The van der Waals surface area contributed by atoms with Gasteiger partial charge in [0.25, 0.3) is 0 Å². The molecule has 1 aromatic rings. The summed E-state index contributed by atoms with van der Waals surface area (Å²) in [6.07, 6.45) is 4.61. The van der Waals surface area contributed by atoms with Crippen molar-refractivity contribution in [3.05, 3.63) is 0 Å². The quantitative estimate of drug-likeness (QED) is 0.834. The second-order valence-corrected chi connectivity index (χ2v) is 5.73. The van der Waals surface area contributed by atoms with Crippen molar-refractivity contribution in [2.75, 3.05) is 23.3 Å². The van der Waals surface area contributed by atoms with Gasteiger partial charge in [-0.15, -0.1) is 0 Å². The topological polar surface area (TPSA) is 63.2 Å². The normalized spacial score (nSPS) is 18.3. The fourth-order valence-corrected chi connectivity index (χ4v) is 2.58. The van der Waals surface area contributed by atoms with Crippen LogP contribution < -0.4 is 15.0 Å². The minimum absolute atomic E-state index is 0.0554. The molecule has 2 rings (SSSR count). The number of aromatic nitrogens is 3. The molecule has 0 aromatic carbocycles. The van der Waals surface area contributed by atoms with Crippen molar-refractivity contribution in [2.24, 2.45) is 0 Å². The Balaban J connectivity index is 2.25. The van der Waals surface area contributed by atoms with E-state index in [1.54, 1.807) is 0 Å². The van der Waals surface area contributed by atoms with Crippen molar-refractivity contribution in [2.45, 2.75) is 65.5 Å². The van der Waals surface area contributed by atoms with Crippen LogP contribution in [0.1, 0.15) is 53.4 Å². The van der Waals surface area contributed by atoms with Crippen LogP contribution in [-0.4, -0.2) is 40.2 Å². The van der Waals surface area contributed by atoms with Crippen LogP contribution in [0.4, 0.5) is 11.9 Å². The molecule has 0 saturated carbocycles. The monoisotopic (exact) mass is 293 g/mol. The molecule has 0 radical (unpaired) electrons. The SMILES string of the molecule is CCCNc1nc(OC(C)C)nc(N2CCCC2CC)n1. The van der Waals surface area contributed by atoms with E-state index in [0.29, 0.717) is 18.0 Å². The van der Waals surface area contributed by atoms with Gasteiger partial charge in [-0.25, -0.2) is 0 Å². The average Bonchev–Trinajstić information content (AvgIpc) is 2.92. The van der Waals surface area contributed by atoms with E-state index in [4.69, 9.17) is 4.74 Å². The average molecular weight is 293 g/mol. The van der Waals surface area contributed by atoms with Crippen LogP contribution in [0.15, 0.2) is 0 Å². The lowest BCUT2D eigenvalue weighted by Crippen LogP contribution is -2.30. The minimum Gasteiger partial charge on any atom is -0.461 e. The zero-order valence-electron chi connectivity index (χ0n) is 13.6. The van der Waals surface area contributed by atoms with E-state index in [-0.39, 0.29) is 6.10 Å². The van der Waals surface area contributed by atoms with E-state index < -0.39 is 0 Å². The lowest BCUT2D eigenvalue weighted by molar-refractivity contribution is 0.222. The molecular formula is C15H27N5O. The van der Waals surface area contributed by atoms with Gasteiger partial charge in [-0.3, -0.25) is 0 Å². The van der Waals surface area contributed by atoms with E-state index in [0.717, 1.165) is 31.9 Å². The van der Waals surface area contributed by atoms with Crippen LogP contribution in [-0.2, 0) is 0 Å². The van der Waals surface area contributed by atoms with Gasteiger partial charge in [0.2, 0.25) is 11.9 Å². The third-order valence-corrected chi connectivity index (χ3v) is 3.58.